The molecule has 0 bridgehead atoms. The molecular formula is C13H20ClNO. The van der Waals surface area contributed by atoms with Crippen molar-refractivity contribution in [2.24, 2.45) is 0 Å². The second kappa shape index (κ2) is 6.77. The Morgan fingerprint density at radius 2 is 1.81 bits per heavy atom. The van der Waals surface area contributed by atoms with Crippen LogP contribution in [0.4, 0.5) is 0 Å². The van der Waals surface area contributed by atoms with Gasteiger partial charge in [0.25, 0.3) is 0 Å². The molecule has 0 aromatic heterocycles. The number of aromatic hydroxyl groups is 1. The van der Waals surface area contributed by atoms with Gasteiger partial charge in [0, 0.05) is 12.1 Å². The van der Waals surface area contributed by atoms with E-state index in [1.165, 1.54) is 0 Å². The van der Waals surface area contributed by atoms with Gasteiger partial charge in [0.05, 0.1) is 5.02 Å². The first-order valence-electron chi connectivity index (χ1n) is 5.87. The molecule has 1 N–H and O–H groups in total. The summed E-state index contributed by atoms with van der Waals surface area (Å²) in [6.45, 7) is 7.22. The van der Waals surface area contributed by atoms with E-state index in [4.69, 9.17) is 11.6 Å². The molecule has 0 saturated carbocycles. The van der Waals surface area contributed by atoms with Crippen molar-refractivity contribution in [3.63, 3.8) is 0 Å². The number of hydrogen-bond donors (Lipinski definition) is 1. The number of benzene rings is 1. The first-order chi connectivity index (χ1) is 7.69. The molecule has 0 unspecified atom stereocenters. The van der Waals surface area contributed by atoms with Crippen LogP contribution in [-0.4, -0.2) is 23.1 Å². The van der Waals surface area contributed by atoms with Gasteiger partial charge in [-0.3, -0.25) is 4.90 Å². The summed E-state index contributed by atoms with van der Waals surface area (Å²) < 4.78 is 0. The van der Waals surface area contributed by atoms with E-state index >= 15 is 0 Å². The molecule has 1 aromatic carbocycles. The van der Waals surface area contributed by atoms with Gasteiger partial charge in [-0.15, -0.1) is 0 Å². The van der Waals surface area contributed by atoms with Crippen LogP contribution >= 0.6 is 11.6 Å². The quantitative estimate of drug-likeness (QED) is 0.822. The third-order valence-electron chi connectivity index (χ3n) is 2.54. The summed E-state index contributed by atoms with van der Waals surface area (Å²) in [5.41, 5.74) is 0.911. The third kappa shape index (κ3) is 3.69. The molecule has 0 spiro atoms. The van der Waals surface area contributed by atoms with Crippen molar-refractivity contribution in [3.8, 4) is 5.75 Å². The lowest BCUT2D eigenvalue weighted by Gasteiger charge is -2.21. The van der Waals surface area contributed by atoms with E-state index in [0.717, 1.165) is 38.0 Å². The Morgan fingerprint density at radius 3 is 2.38 bits per heavy atom. The van der Waals surface area contributed by atoms with E-state index in [0.29, 0.717) is 5.02 Å². The first kappa shape index (κ1) is 13.3. The predicted octanol–water partition coefficient (Wildman–Crippen LogP) is 3.67. The second-order valence-electron chi connectivity index (χ2n) is 4.02. The highest BCUT2D eigenvalue weighted by Gasteiger charge is 2.09. The minimum Gasteiger partial charge on any atom is -0.506 e. The Labute approximate surface area is 103 Å². The fourth-order valence-electron chi connectivity index (χ4n) is 1.83. The predicted molar refractivity (Wildman–Crippen MR) is 69.0 cm³/mol. The Balaban J connectivity index is 2.72. The molecule has 1 aromatic rings. The maximum Gasteiger partial charge on any atom is 0.138 e. The van der Waals surface area contributed by atoms with E-state index in [2.05, 4.69) is 18.7 Å². The first-order valence-corrected chi connectivity index (χ1v) is 6.25. The zero-order chi connectivity index (χ0) is 12.0. The van der Waals surface area contributed by atoms with Crippen molar-refractivity contribution in [2.75, 3.05) is 13.1 Å². The Kier molecular flexibility index (Phi) is 5.64. The van der Waals surface area contributed by atoms with Crippen LogP contribution < -0.4 is 0 Å². The standard InChI is InChI=1S/C13H20ClNO/c1-3-8-15(9-4-2)10-11-6-5-7-12(14)13(11)16/h5-7,16H,3-4,8-10H2,1-2H3. The van der Waals surface area contributed by atoms with Gasteiger partial charge in [-0.05, 0) is 32.0 Å². The SMILES string of the molecule is CCCN(CCC)Cc1cccc(Cl)c1O. The van der Waals surface area contributed by atoms with Gasteiger partial charge in [0.15, 0.2) is 0 Å². The van der Waals surface area contributed by atoms with Crippen molar-refractivity contribution in [1.29, 1.82) is 0 Å². The highest BCUT2D eigenvalue weighted by Crippen LogP contribution is 2.27. The summed E-state index contributed by atoms with van der Waals surface area (Å²) in [5.74, 6) is 0.223. The zero-order valence-corrected chi connectivity index (χ0v) is 10.8. The third-order valence-corrected chi connectivity index (χ3v) is 2.85. The fourth-order valence-corrected chi connectivity index (χ4v) is 2.02. The van der Waals surface area contributed by atoms with E-state index in [1.54, 1.807) is 6.07 Å². The van der Waals surface area contributed by atoms with Crippen LogP contribution in [0.15, 0.2) is 18.2 Å². The van der Waals surface area contributed by atoms with Crippen LogP contribution in [0.3, 0.4) is 0 Å². The van der Waals surface area contributed by atoms with Crippen molar-refractivity contribution >= 4 is 11.6 Å². The zero-order valence-electron chi connectivity index (χ0n) is 10.0. The number of rotatable bonds is 6. The smallest absolute Gasteiger partial charge is 0.138 e. The van der Waals surface area contributed by atoms with Gasteiger partial charge in [0.2, 0.25) is 0 Å². The van der Waals surface area contributed by atoms with E-state index in [-0.39, 0.29) is 5.75 Å². The number of phenols is 1. The topological polar surface area (TPSA) is 23.5 Å². The maximum absolute atomic E-state index is 9.82. The summed E-state index contributed by atoms with van der Waals surface area (Å²) in [6.07, 6.45) is 2.25. The van der Waals surface area contributed by atoms with Crippen LogP contribution in [0.2, 0.25) is 5.02 Å². The molecule has 1 rings (SSSR count). The minimum absolute atomic E-state index is 0.223. The summed E-state index contributed by atoms with van der Waals surface area (Å²) in [5, 5.41) is 10.3. The van der Waals surface area contributed by atoms with Gasteiger partial charge in [-0.1, -0.05) is 37.6 Å². The van der Waals surface area contributed by atoms with Crippen molar-refractivity contribution in [3.05, 3.63) is 28.8 Å². The van der Waals surface area contributed by atoms with Crippen LogP contribution in [0.1, 0.15) is 32.3 Å². The monoisotopic (exact) mass is 241 g/mol. The molecule has 0 aliphatic carbocycles. The largest absolute Gasteiger partial charge is 0.506 e. The lowest BCUT2D eigenvalue weighted by Crippen LogP contribution is -2.24. The molecule has 90 valence electrons. The number of phenolic OH excluding ortho intramolecular Hbond substituents is 1. The molecule has 0 saturated heterocycles. The maximum atomic E-state index is 9.82. The molecular weight excluding hydrogens is 222 g/mol. The van der Waals surface area contributed by atoms with Crippen LogP contribution in [-0.2, 0) is 6.54 Å². The molecule has 0 atom stereocenters. The number of nitrogens with zero attached hydrogens (tertiary/aromatic N) is 1. The lowest BCUT2D eigenvalue weighted by molar-refractivity contribution is 0.263. The fraction of sp³-hybridized carbons (Fsp3) is 0.538. The molecule has 0 radical (unpaired) electrons. The highest BCUT2D eigenvalue weighted by molar-refractivity contribution is 6.32. The molecule has 0 amide bonds. The molecule has 16 heavy (non-hydrogen) atoms. The van der Waals surface area contributed by atoms with E-state index < -0.39 is 0 Å². The Hall–Kier alpha value is -0.730. The molecule has 0 fully saturated rings. The van der Waals surface area contributed by atoms with Crippen molar-refractivity contribution < 1.29 is 5.11 Å². The van der Waals surface area contributed by atoms with E-state index in [9.17, 15) is 5.11 Å². The lowest BCUT2D eigenvalue weighted by atomic mass is 10.2. The number of hydrogen-bond acceptors (Lipinski definition) is 2. The molecule has 0 heterocycles. The molecule has 0 aliphatic rings. The summed E-state index contributed by atoms with van der Waals surface area (Å²) in [7, 11) is 0. The summed E-state index contributed by atoms with van der Waals surface area (Å²) >= 11 is 5.88. The van der Waals surface area contributed by atoms with Crippen molar-refractivity contribution in [1.82, 2.24) is 4.90 Å². The average Bonchev–Trinajstić information content (AvgIpc) is 2.25. The van der Waals surface area contributed by atoms with Crippen LogP contribution in [0.5, 0.6) is 5.75 Å². The van der Waals surface area contributed by atoms with Gasteiger partial charge in [0.1, 0.15) is 5.75 Å². The van der Waals surface area contributed by atoms with Gasteiger partial charge in [-0.2, -0.15) is 0 Å². The number of para-hydroxylation sites is 1. The summed E-state index contributed by atoms with van der Waals surface area (Å²) in [4.78, 5) is 2.34. The Morgan fingerprint density at radius 1 is 1.19 bits per heavy atom. The number of halogens is 1. The van der Waals surface area contributed by atoms with Gasteiger partial charge >= 0.3 is 0 Å². The molecule has 3 heteroatoms. The van der Waals surface area contributed by atoms with Crippen molar-refractivity contribution in [2.45, 2.75) is 33.2 Å². The normalized spacial score (nSPS) is 11.0. The van der Waals surface area contributed by atoms with E-state index in [1.807, 2.05) is 12.1 Å². The van der Waals surface area contributed by atoms with Gasteiger partial charge < -0.3 is 5.11 Å². The molecule has 0 aliphatic heterocycles. The van der Waals surface area contributed by atoms with Gasteiger partial charge in [-0.25, -0.2) is 0 Å². The molecule has 2 nitrogen and oxygen atoms in total. The second-order valence-corrected chi connectivity index (χ2v) is 4.43. The average molecular weight is 242 g/mol. The van der Waals surface area contributed by atoms with Crippen LogP contribution in [0.25, 0.3) is 0 Å². The van der Waals surface area contributed by atoms with Crippen LogP contribution in [0, 0.1) is 0 Å². The minimum atomic E-state index is 0.223. The Bertz CT molecular complexity index is 322. The highest BCUT2D eigenvalue weighted by atomic mass is 35.5. The summed E-state index contributed by atoms with van der Waals surface area (Å²) in [6, 6.07) is 5.53.